The number of rotatable bonds is 9. The molecule has 0 spiro atoms. The van der Waals surface area contributed by atoms with Crippen LogP contribution in [0.4, 0.5) is 0 Å². The summed E-state index contributed by atoms with van der Waals surface area (Å²) in [7, 11) is 2.33. The van der Waals surface area contributed by atoms with E-state index >= 15 is 0 Å². The molecule has 3 atom stereocenters. The highest BCUT2D eigenvalue weighted by molar-refractivity contribution is 7.98. The van der Waals surface area contributed by atoms with Crippen molar-refractivity contribution in [1.82, 2.24) is 10.2 Å². The van der Waals surface area contributed by atoms with E-state index < -0.39 is 0 Å². The summed E-state index contributed by atoms with van der Waals surface area (Å²) in [5, 5.41) is 3.58. The lowest BCUT2D eigenvalue weighted by Crippen LogP contribution is -2.53. The maximum absolute atomic E-state index is 3.58. The summed E-state index contributed by atoms with van der Waals surface area (Å²) < 4.78 is 0. The van der Waals surface area contributed by atoms with Crippen molar-refractivity contribution in [1.29, 1.82) is 0 Å². The van der Waals surface area contributed by atoms with Crippen LogP contribution in [0.3, 0.4) is 0 Å². The molecule has 0 heterocycles. The van der Waals surface area contributed by atoms with E-state index in [0.29, 0.717) is 0 Å². The maximum atomic E-state index is 3.58. The summed E-state index contributed by atoms with van der Waals surface area (Å²) in [6, 6.07) is 1.60. The number of thioether (sulfide) groups is 1. The molecule has 1 fully saturated rings. The Hall–Kier alpha value is 0.270. The summed E-state index contributed by atoms with van der Waals surface area (Å²) >= 11 is 1.98. The maximum Gasteiger partial charge on any atom is 0.0183 e. The van der Waals surface area contributed by atoms with Crippen LogP contribution in [0.5, 0.6) is 0 Å². The van der Waals surface area contributed by atoms with Crippen LogP contribution >= 0.6 is 11.8 Å². The Kier molecular flexibility index (Phi) is 7.56. The fraction of sp³-hybridized carbons (Fsp3) is 1.00. The Balaban J connectivity index is 2.32. The first-order chi connectivity index (χ1) is 8.24. The highest BCUT2D eigenvalue weighted by Crippen LogP contribution is 2.32. The van der Waals surface area contributed by atoms with Gasteiger partial charge in [-0.25, -0.2) is 0 Å². The summed E-state index contributed by atoms with van der Waals surface area (Å²) in [4.78, 5) is 2.65. The van der Waals surface area contributed by atoms with Crippen molar-refractivity contribution in [3.05, 3.63) is 0 Å². The third kappa shape index (κ3) is 4.46. The van der Waals surface area contributed by atoms with Crippen LogP contribution in [-0.4, -0.2) is 49.1 Å². The standard InChI is InChI=1S/C14H30N2S/c1-5-9-15-10-12-7-8-14(12)16(3)13(6-2)11-17-4/h12-15H,5-11H2,1-4H3. The minimum atomic E-state index is 0.768. The van der Waals surface area contributed by atoms with E-state index in [4.69, 9.17) is 0 Å². The predicted molar refractivity (Wildman–Crippen MR) is 79.9 cm³/mol. The van der Waals surface area contributed by atoms with E-state index in [9.17, 15) is 0 Å². The van der Waals surface area contributed by atoms with Crippen molar-refractivity contribution in [3.63, 3.8) is 0 Å². The molecule has 2 nitrogen and oxygen atoms in total. The first-order valence-corrected chi connectivity index (χ1v) is 8.55. The molecule has 1 aliphatic carbocycles. The summed E-state index contributed by atoms with van der Waals surface area (Å²) in [6.07, 6.45) is 7.57. The number of nitrogens with zero attached hydrogens (tertiary/aromatic N) is 1. The van der Waals surface area contributed by atoms with Crippen molar-refractivity contribution >= 4 is 11.8 Å². The highest BCUT2D eigenvalue weighted by Gasteiger charge is 2.35. The van der Waals surface area contributed by atoms with Gasteiger partial charge in [0.25, 0.3) is 0 Å². The largest absolute Gasteiger partial charge is 0.316 e. The van der Waals surface area contributed by atoms with Crippen molar-refractivity contribution in [2.24, 2.45) is 5.92 Å². The Labute approximate surface area is 112 Å². The molecule has 1 saturated carbocycles. The highest BCUT2D eigenvalue weighted by atomic mass is 32.2. The molecule has 0 aromatic heterocycles. The van der Waals surface area contributed by atoms with Gasteiger partial charge in [0.15, 0.2) is 0 Å². The molecule has 17 heavy (non-hydrogen) atoms. The Morgan fingerprint density at radius 3 is 2.59 bits per heavy atom. The fourth-order valence-corrected chi connectivity index (χ4v) is 3.63. The topological polar surface area (TPSA) is 15.3 Å². The molecule has 0 aliphatic heterocycles. The minimum absolute atomic E-state index is 0.768. The van der Waals surface area contributed by atoms with Crippen LogP contribution in [0.15, 0.2) is 0 Å². The zero-order valence-electron chi connectivity index (χ0n) is 12.0. The third-order valence-electron chi connectivity index (χ3n) is 4.14. The Morgan fingerprint density at radius 1 is 1.35 bits per heavy atom. The molecule has 102 valence electrons. The van der Waals surface area contributed by atoms with Crippen molar-refractivity contribution < 1.29 is 0 Å². The quantitative estimate of drug-likeness (QED) is 0.640. The molecule has 0 saturated heterocycles. The van der Waals surface area contributed by atoms with Crippen molar-refractivity contribution in [2.45, 2.75) is 51.6 Å². The molecule has 0 aromatic carbocycles. The van der Waals surface area contributed by atoms with Gasteiger partial charge in [0.1, 0.15) is 0 Å². The van der Waals surface area contributed by atoms with Gasteiger partial charge in [-0.1, -0.05) is 13.8 Å². The molecule has 1 rings (SSSR count). The second-order valence-corrected chi connectivity index (χ2v) is 6.20. The normalized spacial score (nSPS) is 25.9. The van der Waals surface area contributed by atoms with Gasteiger partial charge in [0.05, 0.1) is 0 Å². The molecular weight excluding hydrogens is 228 g/mol. The van der Waals surface area contributed by atoms with Gasteiger partial charge in [-0.05, 0) is 58.0 Å². The monoisotopic (exact) mass is 258 g/mol. The first kappa shape index (κ1) is 15.3. The second kappa shape index (κ2) is 8.39. The summed E-state index contributed by atoms with van der Waals surface area (Å²) in [5.74, 6) is 2.17. The van der Waals surface area contributed by atoms with E-state index in [0.717, 1.165) is 18.0 Å². The van der Waals surface area contributed by atoms with Crippen LogP contribution in [-0.2, 0) is 0 Å². The van der Waals surface area contributed by atoms with Crippen molar-refractivity contribution in [3.8, 4) is 0 Å². The first-order valence-electron chi connectivity index (χ1n) is 7.16. The van der Waals surface area contributed by atoms with E-state index in [-0.39, 0.29) is 0 Å². The van der Waals surface area contributed by atoms with Crippen molar-refractivity contribution in [2.75, 3.05) is 32.1 Å². The molecule has 1 aliphatic rings. The van der Waals surface area contributed by atoms with E-state index in [1.54, 1.807) is 0 Å². The second-order valence-electron chi connectivity index (χ2n) is 5.29. The van der Waals surface area contributed by atoms with Gasteiger partial charge in [0, 0.05) is 17.8 Å². The third-order valence-corrected chi connectivity index (χ3v) is 4.86. The zero-order valence-corrected chi connectivity index (χ0v) is 12.9. The SMILES string of the molecule is CCCNCC1CCC1N(C)C(CC)CSC. The Bertz CT molecular complexity index is 199. The zero-order chi connectivity index (χ0) is 12.7. The average Bonchev–Trinajstić information content (AvgIpc) is 2.30. The smallest absolute Gasteiger partial charge is 0.0183 e. The van der Waals surface area contributed by atoms with Gasteiger partial charge in [-0.2, -0.15) is 11.8 Å². The van der Waals surface area contributed by atoms with E-state index in [1.807, 2.05) is 11.8 Å². The van der Waals surface area contributed by atoms with E-state index in [1.165, 1.54) is 44.5 Å². The number of nitrogens with one attached hydrogen (secondary N) is 1. The van der Waals surface area contributed by atoms with Gasteiger partial charge < -0.3 is 5.32 Å². The molecular formula is C14H30N2S. The summed E-state index contributed by atoms with van der Waals surface area (Å²) in [5.41, 5.74) is 0. The number of hydrogen-bond donors (Lipinski definition) is 1. The van der Waals surface area contributed by atoms with Gasteiger partial charge in [0.2, 0.25) is 0 Å². The van der Waals surface area contributed by atoms with Crippen LogP contribution in [0.25, 0.3) is 0 Å². The lowest BCUT2D eigenvalue weighted by molar-refractivity contribution is 0.0557. The number of hydrogen-bond acceptors (Lipinski definition) is 3. The average molecular weight is 258 g/mol. The van der Waals surface area contributed by atoms with Crippen LogP contribution < -0.4 is 5.32 Å². The molecule has 0 radical (unpaired) electrons. The van der Waals surface area contributed by atoms with E-state index in [2.05, 4.69) is 37.4 Å². The molecule has 0 amide bonds. The molecule has 3 heteroatoms. The minimum Gasteiger partial charge on any atom is -0.316 e. The van der Waals surface area contributed by atoms with Crippen LogP contribution in [0.1, 0.15) is 39.5 Å². The Morgan fingerprint density at radius 2 is 2.12 bits per heavy atom. The predicted octanol–water partition coefficient (Wildman–Crippen LogP) is 2.84. The van der Waals surface area contributed by atoms with Gasteiger partial charge in [-0.15, -0.1) is 0 Å². The lowest BCUT2D eigenvalue weighted by Gasteiger charge is -2.46. The van der Waals surface area contributed by atoms with Gasteiger partial charge >= 0.3 is 0 Å². The molecule has 0 aromatic rings. The fourth-order valence-electron chi connectivity index (χ4n) is 2.78. The lowest BCUT2D eigenvalue weighted by atomic mass is 9.78. The summed E-state index contributed by atoms with van der Waals surface area (Å²) in [6.45, 7) is 6.96. The van der Waals surface area contributed by atoms with Crippen LogP contribution in [0, 0.1) is 5.92 Å². The van der Waals surface area contributed by atoms with Crippen LogP contribution in [0.2, 0.25) is 0 Å². The van der Waals surface area contributed by atoms with Gasteiger partial charge in [-0.3, -0.25) is 4.90 Å². The molecule has 3 unspecified atom stereocenters. The molecule has 0 bridgehead atoms. The molecule has 1 N–H and O–H groups in total.